The molecule has 0 radical (unpaired) electrons. The number of imidazole rings is 1. The zero-order valence-corrected chi connectivity index (χ0v) is 14.8. The molecule has 4 heteroatoms. The maximum absolute atomic E-state index is 5.38. The lowest BCUT2D eigenvalue weighted by Crippen LogP contribution is -2.02. The third kappa shape index (κ3) is 3.02. The Bertz CT molecular complexity index is 1040. The van der Waals surface area contributed by atoms with E-state index in [1.165, 1.54) is 5.56 Å². The second-order valence-corrected chi connectivity index (χ2v) is 6.09. The Hall–Kier alpha value is -3.27. The van der Waals surface area contributed by atoms with E-state index in [0.717, 1.165) is 40.5 Å². The highest BCUT2D eigenvalue weighted by molar-refractivity contribution is 5.81. The van der Waals surface area contributed by atoms with Crippen molar-refractivity contribution < 1.29 is 9.47 Å². The topological polar surface area (TPSA) is 36.3 Å². The molecule has 0 saturated carbocycles. The maximum atomic E-state index is 5.38. The first kappa shape index (κ1) is 16.2. The molecule has 26 heavy (non-hydrogen) atoms. The van der Waals surface area contributed by atoms with E-state index in [0.29, 0.717) is 0 Å². The molecule has 4 rings (SSSR count). The Labute approximate surface area is 152 Å². The average Bonchev–Trinajstić information content (AvgIpc) is 3.07. The molecule has 0 saturated heterocycles. The van der Waals surface area contributed by atoms with Crippen LogP contribution in [0.4, 0.5) is 0 Å². The third-order valence-corrected chi connectivity index (χ3v) is 4.48. The number of aromatic nitrogens is 2. The van der Waals surface area contributed by atoms with Gasteiger partial charge in [-0.05, 0) is 42.0 Å². The van der Waals surface area contributed by atoms with Gasteiger partial charge in [0.1, 0.15) is 17.3 Å². The van der Waals surface area contributed by atoms with E-state index in [2.05, 4.69) is 28.8 Å². The molecule has 0 amide bonds. The molecule has 0 bridgehead atoms. The molecule has 0 spiro atoms. The summed E-state index contributed by atoms with van der Waals surface area (Å²) in [6.07, 6.45) is 0. The molecule has 0 atom stereocenters. The van der Waals surface area contributed by atoms with Gasteiger partial charge < -0.3 is 14.0 Å². The average molecular weight is 344 g/mol. The smallest absolute Gasteiger partial charge is 0.141 e. The number of rotatable bonds is 5. The molecule has 3 aromatic carbocycles. The van der Waals surface area contributed by atoms with E-state index in [1.54, 1.807) is 14.2 Å². The Kier molecular flexibility index (Phi) is 4.32. The lowest BCUT2D eigenvalue weighted by Gasteiger charge is -2.11. The van der Waals surface area contributed by atoms with E-state index in [4.69, 9.17) is 14.5 Å². The molecular formula is C22H20N2O2. The predicted molar refractivity (Wildman–Crippen MR) is 104 cm³/mol. The molecule has 130 valence electrons. The van der Waals surface area contributed by atoms with Gasteiger partial charge in [0.25, 0.3) is 0 Å². The summed E-state index contributed by atoms with van der Waals surface area (Å²) >= 11 is 0. The minimum Gasteiger partial charge on any atom is -0.497 e. The fourth-order valence-electron chi connectivity index (χ4n) is 3.13. The summed E-state index contributed by atoms with van der Waals surface area (Å²) in [5.74, 6) is 2.61. The molecule has 4 aromatic rings. The van der Waals surface area contributed by atoms with Crippen LogP contribution in [0.15, 0.2) is 72.8 Å². The number of methoxy groups -OCH3 is 2. The van der Waals surface area contributed by atoms with Gasteiger partial charge in [-0.2, -0.15) is 0 Å². The third-order valence-electron chi connectivity index (χ3n) is 4.48. The number of ether oxygens (including phenoxy) is 2. The SMILES string of the molecule is COc1ccc(Cn2c(-c3cccc(OC)c3)nc3ccccc32)cc1. The molecule has 0 fully saturated rings. The van der Waals surface area contributed by atoms with E-state index in [9.17, 15) is 0 Å². The Morgan fingerprint density at radius 2 is 1.58 bits per heavy atom. The minimum atomic E-state index is 0.733. The van der Waals surface area contributed by atoms with Crippen LogP contribution in [0.25, 0.3) is 22.4 Å². The zero-order valence-electron chi connectivity index (χ0n) is 14.8. The Morgan fingerprint density at radius 3 is 2.35 bits per heavy atom. The van der Waals surface area contributed by atoms with Gasteiger partial charge in [0.2, 0.25) is 0 Å². The van der Waals surface area contributed by atoms with Crippen molar-refractivity contribution in [2.75, 3.05) is 14.2 Å². The van der Waals surface area contributed by atoms with Gasteiger partial charge in [-0.25, -0.2) is 4.98 Å². The lowest BCUT2D eigenvalue weighted by atomic mass is 10.1. The summed E-state index contributed by atoms with van der Waals surface area (Å²) in [5.41, 5.74) is 4.33. The van der Waals surface area contributed by atoms with Crippen LogP contribution in [0.5, 0.6) is 11.5 Å². The summed E-state index contributed by atoms with van der Waals surface area (Å²) in [5, 5.41) is 0. The van der Waals surface area contributed by atoms with Gasteiger partial charge in [0.05, 0.1) is 25.3 Å². The van der Waals surface area contributed by atoms with Gasteiger partial charge in [0.15, 0.2) is 0 Å². The van der Waals surface area contributed by atoms with Crippen LogP contribution in [0.2, 0.25) is 0 Å². The maximum Gasteiger partial charge on any atom is 0.141 e. The largest absolute Gasteiger partial charge is 0.497 e. The van der Waals surface area contributed by atoms with Crippen LogP contribution in [0.1, 0.15) is 5.56 Å². The number of fused-ring (bicyclic) bond motifs is 1. The highest BCUT2D eigenvalue weighted by Crippen LogP contribution is 2.28. The van der Waals surface area contributed by atoms with E-state index in [1.807, 2.05) is 48.5 Å². The first-order valence-electron chi connectivity index (χ1n) is 8.51. The first-order valence-corrected chi connectivity index (χ1v) is 8.51. The highest BCUT2D eigenvalue weighted by Gasteiger charge is 2.13. The summed E-state index contributed by atoms with van der Waals surface area (Å²) < 4.78 is 12.9. The molecule has 1 heterocycles. The summed E-state index contributed by atoms with van der Waals surface area (Å²) in [7, 11) is 3.36. The zero-order chi connectivity index (χ0) is 17.9. The van der Waals surface area contributed by atoms with Gasteiger partial charge >= 0.3 is 0 Å². The van der Waals surface area contributed by atoms with Gasteiger partial charge in [-0.3, -0.25) is 0 Å². The van der Waals surface area contributed by atoms with E-state index in [-0.39, 0.29) is 0 Å². The number of para-hydroxylation sites is 2. The molecule has 4 nitrogen and oxygen atoms in total. The van der Waals surface area contributed by atoms with Crippen molar-refractivity contribution in [2.45, 2.75) is 6.54 Å². The second-order valence-electron chi connectivity index (χ2n) is 6.09. The molecule has 0 aliphatic carbocycles. The molecule has 0 unspecified atom stereocenters. The fraction of sp³-hybridized carbons (Fsp3) is 0.136. The van der Waals surface area contributed by atoms with E-state index >= 15 is 0 Å². The van der Waals surface area contributed by atoms with Crippen molar-refractivity contribution >= 4 is 11.0 Å². The van der Waals surface area contributed by atoms with E-state index < -0.39 is 0 Å². The molecule has 0 aliphatic rings. The summed E-state index contributed by atoms with van der Waals surface area (Å²) in [6.45, 7) is 0.733. The van der Waals surface area contributed by atoms with Crippen LogP contribution < -0.4 is 9.47 Å². The molecule has 0 aliphatic heterocycles. The Balaban J connectivity index is 1.83. The number of hydrogen-bond donors (Lipinski definition) is 0. The highest BCUT2D eigenvalue weighted by atomic mass is 16.5. The summed E-state index contributed by atoms with van der Waals surface area (Å²) in [6, 6.07) is 24.4. The molecule has 0 N–H and O–H groups in total. The van der Waals surface area contributed by atoms with Crippen LogP contribution in [-0.4, -0.2) is 23.8 Å². The predicted octanol–water partition coefficient (Wildman–Crippen LogP) is 4.77. The van der Waals surface area contributed by atoms with Crippen molar-refractivity contribution in [2.24, 2.45) is 0 Å². The number of hydrogen-bond acceptors (Lipinski definition) is 3. The Morgan fingerprint density at radius 1 is 0.808 bits per heavy atom. The van der Waals surface area contributed by atoms with Gasteiger partial charge in [-0.15, -0.1) is 0 Å². The van der Waals surface area contributed by atoms with Crippen molar-refractivity contribution in [3.05, 3.63) is 78.4 Å². The fourth-order valence-corrected chi connectivity index (χ4v) is 3.13. The molecular weight excluding hydrogens is 324 g/mol. The second kappa shape index (κ2) is 6.92. The number of benzene rings is 3. The van der Waals surface area contributed by atoms with Crippen molar-refractivity contribution in [3.8, 4) is 22.9 Å². The van der Waals surface area contributed by atoms with Crippen LogP contribution >= 0.6 is 0 Å². The van der Waals surface area contributed by atoms with Gasteiger partial charge in [-0.1, -0.05) is 36.4 Å². The van der Waals surface area contributed by atoms with Crippen molar-refractivity contribution in [1.82, 2.24) is 9.55 Å². The molecule has 1 aromatic heterocycles. The van der Waals surface area contributed by atoms with Crippen molar-refractivity contribution in [1.29, 1.82) is 0 Å². The van der Waals surface area contributed by atoms with Crippen LogP contribution in [-0.2, 0) is 6.54 Å². The lowest BCUT2D eigenvalue weighted by molar-refractivity contribution is 0.414. The van der Waals surface area contributed by atoms with Gasteiger partial charge in [0, 0.05) is 12.1 Å². The van der Waals surface area contributed by atoms with Crippen LogP contribution in [0, 0.1) is 0 Å². The normalized spacial score (nSPS) is 10.8. The summed E-state index contributed by atoms with van der Waals surface area (Å²) in [4.78, 5) is 4.87. The quantitative estimate of drug-likeness (QED) is 0.523. The monoisotopic (exact) mass is 344 g/mol. The standard InChI is InChI=1S/C22H20N2O2/c1-25-18-12-10-16(11-13-18)15-24-21-9-4-3-8-20(21)23-22(24)17-6-5-7-19(14-17)26-2/h3-14H,15H2,1-2H3. The van der Waals surface area contributed by atoms with Crippen molar-refractivity contribution in [3.63, 3.8) is 0 Å². The first-order chi connectivity index (χ1) is 12.8. The number of nitrogens with zero attached hydrogens (tertiary/aromatic N) is 2. The van der Waals surface area contributed by atoms with Crippen LogP contribution in [0.3, 0.4) is 0 Å². The minimum absolute atomic E-state index is 0.733.